The molecule has 0 saturated carbocycles. The first kappa shape index (κ1) is 19.5. The SMILES string of the molecule is CCN(c1cccc(C)c1)C(C)OC(=O)Oc1ccc(-c2ccccc2)cc1. The first-order chi connectivity index (χ1) is 13.6. The third kappa shape index (κ3) is 4.92. The van der Waals surface area contributed by atoms with Crippen LogP contribution in [0.3, 0.4) is 0 Å². The monoisotopic (exact) mass is 375 g/mol. The minimum Gasteiger partial charge on any atom is -0.410 e. The quantitative estimate of drug-likeness (QED) is 0.299. The average Bonchev–Trinajstić information content (AvgIpc) is 2.70. The molecule has 0 saturated heterocycles. The molecule has 0 spiro atoms. The first-order valence-corrected chi connectivity index (χ1v) is 9.44. The Morgan fingerprint density at radius 1 is 0.929 bits per heavy atom. The van der Waals surface area contributed by atoms with Crippen molar-refractivity contribution < 1.29 is 14.3 Å². The van der Waals surface area contributed by atoms with Crippen LogP contribution in [0, 0.1) is 6.92 Å². The van der Waals surface area contributed by atoms with Crippen molar-refractivity contribution in [2.75, 3.05) is 11.4 Å². The van der Waals surface area contributed by atoms with E-state index in [-0.39, 0.29) is 0 Å². The minimum atomic E-state index is -0.717. The van der Waals surface area contributed by atoms with Crippen LogP contribution in [0.5, 0.6) is 5.75 Å². The van der Waals surface area contributed by atoms with Gasteiger partial charge in [0.25, 0.3) is 0 Å². The normalized spacial score (nSPS) is 11.5. The van der Waals surface area contributed by atoms with Gasteiger partial charge in [-0.15, -0.1) is 0 Å². The van der Waals surface area contributed by atoms with E-state index >= 15 is 0 Å². The fourth-order valence-electron chi connectivity index (χ4n) is 3.13. The van der Waals surface area contributed by atoms with Crippen LogP contribution in [0.4, 0.5) is 10.5 Å². The number of ether oxygens (including phenoxy) is 2. The van der Waals surface area contributed by atoms with Gasteiger partial charge in [-0.3, -0.25) is 0 Å². The highest BCUT2D eigenvalue weighted by Crippen LogP contribution is 2.23. The van der Waals surface area contributed by atoms with Gasteiger partial charge >= 0.3 is 6.16 Å². The van der Waals surface area contributed by atoms with Crippen molar-refractivity contribution in [3.05, 3.63) is 84.4 Å². The molecule has 144 valence electrons. The van der Waals surface area contributed by atoms with Crippen molar-refractivity contribution in [2.45, 2.75) is 27.0 Å². The van der Waals surface area contributed by atoms with Crippen molar-refractivity contribution >= 4 is 11.8 Å². The van der Waals surface area contributed by atoms with Gasteiger partial charge in [0.1, 0.15) is 5.75 Å². The smallest absolute Gasteiger partial charge is 0.410 e. The second kappa shape index (κ2) is 9.09. The van der Waals surface area contributed by atoms with Gasteiger partial charge in [0, 0.05) is 12.2 Å². The highest BCUT2D eigenvalue weighted by molar-refractivity contribution is 5.67. The van der Waals surface area contributed by atoms with Crippen LogP contribution in [-0.4, -0.2) is 18.9 Å². The zero-order valence-corrected chi connectivity index (χ0v) is 16.5. The van der Waals surface area contributed by atoms with Crippen LogP contribution in [-0.2, 0) is 4.74 Å². The summed E-state index contributed by atoms with van der Waals surface area (Å²) in [6.45, 7) is 6.61. The van der Waals surface area contributed by atoms with E-state index in [0.29, 0.717) is 12.3 Å². The Morgan fingerprint density at radius 3 is 2.25 bits per heavy atom. The lowest BCUT2D eigenvalue weighted by Gasteiger charge is -2.29. The number of carbonyl (C=O) groups is 1. The number of nitrogens with zero attached hydrogens (tertiary/aromatic N) is 1. The molecule has 0 aliphatic rings. The molecular formula is C24H25NO3. The second-order valence-electron chi connectivity index (χ2n) is 6.58. The summed E-state index contributed by atoms with van der Waals surface area (Å²) in [5.41, 5.74) is 4.34. The van der Waals surface area contributed by atoms with Gasteiger partial charge in [-0.2, -0.15) is 0 Å². The summed E-state index contributed by atoms with van der Waals surface area (Å²) in [5.74, 6) is 0.454. The van der Waals surface area contributed by atoms with Crippen LogP contribution in [0.2, 0.25) is 0 Å². The fraction of sp³-hybridized carbons (Fsp3) is 0.208. The Morgan fingerprint density at radius 2 is 1.61 bits per heavy atom. The van der Waals surface area contributed by atoms with Crippen molar-refractivity contribution in [3.8, 4) is 16.9 Å². The van der Waals surface area contributed by atoms with Crippen molar-refractivity contribution in [3.63, 3.8) is 0 Å². The molecule has 3 aromatic carbocycles. The third-order valence-corrected chi connectivity index (χ3v) is 4.54. The molecule has 0 N–H and O–H groups in total. The maximum absolute atomic E-state index is 12.2. The number of anilines is 1. The lowest BCUT2D eigenvalue weighted by atomic mass is 10.1. The molecule has 0 radical (unpaired) electrons. The minimum absolute atomic E-state index is 0.442. The molecule has 1 unspecified atom stereocenters. The summed E-state index contributed by atoms with van der Waals surface area (Å²) >= 11 is 0. The van der Waals surface area contributed by atoms with Crippen molar-refractivity contribution in [2.24, 2.45) is 0 Å². The molecule has 4 heteroatoms. The van der Waals surface area contributed by atoms with Crippen LogP contribution in [0.25, 0.3) is 11.1 Å². The molecule has 0 heterocycles. The molecular weight excluding hydrogens is 350 g/mol. The Hall–Kier alpha value is -3.27. The van der Waals surface area contributed by atoms with E-state index in [1.165, 1.54) is 0 Å². The Balaban J connectivity index is 1.61. The van der Waals surface area contributed by atoms with E-state index in [0.717, 1.165) is 22.4 Å². The number of rotatable bonds is 6. The lowest BCUT2D eigenvalue weighted by Crippen LogP contribution is -2.37. The van der Waals surface area contributed by atoms with Crippen molar-refractivity contribution in [1.82, 2.24) is 0 Å². The average molecular weight is 375 g/mol. The van der Waals surface area contributed by atoms with E-state index < -0.39 is 12.4 Å². The summed E-state index contributed by atoms with van der Waals surface area (Å²) in [6, 6.07) is 25.5. The van der Waals surface area contributed by atoms with E-state index in [4.69, 9.17) is 9.47 Å². The van der Waals surface area contributed by atoms with E-state index in [2.05, 4.69) is 6.07 Å². The van der Waals surface area contributed by atoms with Crippen LogP contribution in [0.1, 0.15) is 19.4 Å². The molecule has 0 aliphatic heterocycles. The molecule has 3 rings (SSSR count). The molecule has 1 atom stereocenters. The first-order valence-electron chi connectivity index (χ1n) is 9.44. The molecule has 3 aromatic rings. The highest BCUT2D eigenvalue weighted by Gasteiger charge is 2.18. The summed E-state index contributed by atoms with van der Waals surface area (Å²) in [4.78, 5) is 14.2. The number of carbonyl (C=O) groups excluding carboxylic acids is 1. The molecule has 0 aliphatic carbocycles. The summed E-state index contributed by atoms with van der Waals surface area (Å²) in [5, 5.41) is 0. The molecule has 0 bridgehead atoms. The van der Waals surface area contributed by atoms with E-state index in [1.807, 2.05) is 86.3 Å². The number of benzene rings is 3. The zero-order valence-electron chi connectivity index (χ0n) is 16.5. The fourth-order valence-corrected chi connectivity index (χ4v) is 3.13. The van der Waals surface area contributed by atoms with Crippen molar-refractivity contribution in [1.29, 1.82) is 0 Å². The maximum atomic E-state index is 12.2. The highest BCUT2D eigenvalue weighted by atomic mass is 16.7. The van der Waals surface area contributed by atoms with Gasteiger partial charge in [0.15, 0.2) is 6.23 Å². The predicted octanol–water partition coefficient (Wildman–Crippen LogP) is 6.05. The largest absolute Gasteiger partial charge is 0.515 e. The van der Waals surface area contributed by atoms with Gasteiger partial charge < -0.3 is 14.4 Å². The summed E-state index contributed by atoms with van der Waals surface area (Å²) < 4.78 is 10.8. The van der Waals surface area contributed by atoms with Gasteiger partial charge in [-0.25, -0.2) is 4.79 Å². The van der Waals surface area contributed by atoms with Crippen LogP contribution < -0.4 is 9.64 Å². The zero-order chi connectivity index (χ0) is 19.9. The number of hydrogen-bond acceptors (Lipinski definition) is 4. The molecule has 28 heavy (non-hydrogen) atoms. The molecule has 0 fully saturated rings. The Labute approximate surface area is 166 Å². The molecule has 0 amide bonds. The molecule has 4 nitrogen and oxygen atoms in total. The van der Waals surface area contributed by atoms with Gasteiger partial charge in [-0.1, -0.05) is 54.6 Å². The van der Waals surface area contributed by atoms with Gasteiger partial charge in [0.05, 0.1) is 0 Å². The topological polar surface area (TPSA) is 38.8 Å². The van der Waals surface area contributed by atoms with Gasteiger partial charge in [-0.05, 0) is 61.7 Å². The maximum Gasteiger partial charge on any atom is 0.515 e. The van der Waals surface area contributed by atoms with E-state index in [9.17, 15) is 4.79 Å². The third-order valence-electron chi connectivity index (χ3n) is 4.54. The lowest BCUT2D eigenvalue weighted by molar-refractivity contribution is 0.0645. The van der Waals surface area contributed by atoms with Crippen LogP contribution in [0.15, 0.2) is 78.9 Å². The predicted molar refractivity (Wildman–Crippen MR) is 113 cm³/mol. The second-order valence-corrected chi connectivity index (χ2v) is 6.58. The molecule has 0 aromatic heterocycles. The Kier molecular flexibility index (Phi) is 6.33. The summed E-state index contributed by atoms with van der Waals surface area (Å²) in [6.07, 6.45) is -1.16. The van der Waals surface area contributed by atoms with E-state index in [1.54, 1.807) is 12.1 Å². The number of hydrogen-bond donors (Lipinski definition) is 0. The van der Waals surface area contributed by atoms with Crippen LogP contribution >= 0.6 is 0 Å². The number of aryl methyl sites for hydroxylation is 1. The summed E-state index contributed by atoms with van der Waals surface area (Å²) in [7, 11) is 0. The Bertz CT molecular complexity index is 907. The van der Waals surface area contributed by atoms with Gasteiger partial charge in [0.2, 0.25) is 0 Å². The standard InChI is InChI=1S/C24H25NO3/c1-4-25(22-12-8-9-18(2)17-22)19(3)27-24(26)28-23-15-13-21(14-16-23)20-10-6-5-7-11-20/h5-17,19H,4H2,1-3H3.